The zero-order valence-electron chi connectivity index (χ0n) is 14.4. The van der Waals surface area contributed by atoms with Gasteiger partial charge in [0.2, 0.25) is 0 Å². The fourth-order valence-electron chi connectivity index (χ4n) is 4.73. The van der Waals surface area contributed by atoms with Crippen molar-refractivity contribution in [3.63, 3.8) is 0 Å². The first-order chi connectivity index (χ1) is 9.57. The van der Waals surface area contributed by atoms with Gasteiger partial charge in [0.15, 0.2) is 0 Å². The molecule has 0 radical (unpaired) electrons. The molecule has 0 amide bonds. The normalized spacial score (nSPS) is 35.2. The molecule has 0 aliphatic heterocycles. The summed E-state index contributed by atoms with van der Waals surface area (Å²) >= 11 is 0. The van der Waals surface area contributed by atoms with Crippen molar-refractivity contribution in [2.75, 3.05) is 0 Å². The Balaban J connectivity index is 2.08. The molecule has 1 fully saturated rings. The number of aliphatic hydroxyl groups is 1. The Morgan fingerprint density at radius 1 is 1.24 bits per heavy atom. The SMILES string of the molecule is CC1(C)C(O)CC[C@]2(C)c3nn(C(C)(C)C)cc3CC[C@@H]12. The van der Waals surface area contributed by atoms with Gasteiger partial charge in [0.05, 0.1) is 17.3 Å². The second kappa shape index (κ2) is 4.34. The summed E-state index contributed by atoms with van der Waals surface area (Å²) in [6, 6.07) is 0. The number of rotatable bonds is 0. The zero-order chi connectivity index (χ0) is 15.6. The van der Waals surface area contributed by atoms with Crippen molar-refractivity contribution >= 4 is 0 Å². The van der Waals surface area contributed by atoms with Crippen molar-refractivity contribution in [3.8, 4) is 0 Å². The summed E-state index contributed by atoms with van der Waals surface area (Å²) in [5.74, 6) is 0.518. The van der Waals surface area contributed by atoms with Crippen LogP contribution in [0.15, 0.2) is 6.20 Å². The third-order valence-corrected chi connectivity index (χ3v) is 6.18. The average Bonchev–Trinajstić information content (AvgIpc) is 2.80. The van der Waals surface area contributed by atoms with Gasteiger partial charge in [0.1, 0.15) is 0 Å². The summed E-state index contributed by atoms with van der Waals surface area (Å²) in [4.78, 5) is 0. The molecule has 1 unspecified atom stereocenters. The van der Waals surface area contributed by atoms with Crippen LogP contribution in [0.3, 0.4) is 0 Å². The van der Waals surface area contributed by atoms with E-state index in [2.05, 4.69) is 52.4 Å². The summed E-state index contributed by atoms with van der Waals surface area (Å²) in [7, 11) is 0. The minimum Gasteiger partial charge on any atom is -0.393 e. The Kier molecular flexibility index (Phi) is 3.12. The number of hydrogen-bond donors (Lipinski definition) is 1. The quantitative estimate of drug-likeness (QED) is 0.792. The van der Waals surface area contributed by atoms with Crippen LogP contribution in [0.2, 0.25) is 0 Å². The molecule has 0 aromatic carbocycles. The molecule has 3 rings (SSSR count). The molecule has 1 heterocycles. The molecule has 1 aromatic rings. The Morgan fingerprint density at radius 3 is 2.52 bits per heavy atom. The van der Waals surface area contributed by atoms with E-state index in [1.807, 2.05) is 0 Å². The smallest absolute Gasteiger partial charge is 0.0718 e. The first kappa shape index (κ1) is 15.1. The monoisotopic (exact) mass is 290 g/mol. The summed E-state index contributed by atoms with van der Waals surface area (Å²) in [6.45, 7) is 13.5. The molecule has 21 heavy (non-hydrogen) atoms. The number of nitrogens with zero attached hydrogens (tertiary/aromatic N) is 2. The van der Waals surface area contributed by atoms with Crippen LogP contribution in [0, 0.1) is 11.3 Å². The molecular formula is C18H30N2O. The van der Waals surface area contributed by atoms with Gasteiger partial charge < -0.3 is 5.11 Å². The van der Waals surface area contributed by atoms with Crippen LogP contribution in [0.5, 0.6) is 0 Å². The molecular weight excluding hydrogens is 260 g/mol. The van der Waals surface area contributed by atoms with E-state index in [1.165, 1.54) is 17.7 Å². The number of aliphatic hydroxyl groups excluding tert-OH is 1. The fraction of sp³-hybridized carbons (Fsp3) is 0.833. The highest BCUT2D eigenvalue weighted by molar-refractivity contribution is 5.32. The van der Waals surface area contributed by atoms with E-state index in [9.17, 15) is 5.11 Å². The topological polar surface area (TPSA) is 38.1 Å². The van der Waals surface area contributed by atoms with Crippen LogP contribution >= 0.6 is 0 Å². The Bertz CT molecular complexity index is 552. The van der Waals surface area contributed by atoms with Crippen molar-refractivity contribution in [2.24, 2.45) is 11.3 Å². The lowest BCUT2D eigenvalue weighted by Gasteiger charge is -2.54. The second-order valence-corrected chi connectivity index (χ2v) is 9.00. The maximum Gasteiger partial charge on any atom is 0.0718 e. The van der Waals surface area contributed by atoms with E-state index in [0.717, 1.165) is 19.3 Å². The fourth-order valence-corrected chi connectivity index (χ4v) is 4.73. The van der Waals surface area contributed by atoms with Crippen molar-refractivity contribution in [1.82, 2.24) is 9.78 Å². The van der Waals surface area contributed by atoms with Gasteiger partial charge in [-0.1, -0.05) is 20.8 Å². The minimum atomic E-state index is -0.179. The van der Waals surface area contributed by atoms with E-state index >= 15 is 0 Å². The Labute approximate surface area is 128 Å². The van der Waals surface area contributed by atoms with Crippen LogP contribution in [-0.4, -0.2) is 21.0 Å². The highest BCUT2D eigenvalue weighted by atomic mass is 16.3. The molecule has 1 aromatic heterocycles. The molecule has 0 spiro atoms. The van der Waals surface area contributed by atoms with Gasteiger partial charge in [-0.2, -0.15) is 5.10 Å². The second-order valence-electron chi connectivity index (χ2n) is 9.00. The molecule has 1 N–H and O–H groups in total. The molecule has 118 valence electrons. The van der Waals surface area contributed by atoms with Crippen molar-refractivity contribution in [2.45, 2.75) is 84.3 Å². The molecule has 2 aliphatic carbocycles. The van der Waals surface area contributed by atoms with Crippen LogP contribution in [0.4, 0.5) is 0 Å². The summed E-state index contributed by atoms with van der Waals surface area (Å²) in [5.41, 5.74) is 2.86. The lowest BCUT2D eigenvalue weighted by Crippen LogP contribution is -2.54. The predicted octanol–water partition coefficient (Wildman–Crippen LogP) is 3.64. The van der Waals surface area contributed by atoms with Gasteiger partial charge in [-0.25, -0.2) is 0 Å². The van der Waals surface area contributed by atoms with Crippen molar-refractivity contribution in [1.29, 1.82) is 0 Å². The summed E-state index contributed by atoms with van der Waals surface area (Å²) < 4.78 is 2.14. The van der Waals surface area contributed by atoms with Crippen LogP contribution in [0.1, 0.15) is 72.1 Å². The summed E-state index contributed by atoms with van der Waals surface area (Å²) in [6.07, 6.45) is 6.29. The number of fused-ring (bicyclic) bond motifs is 3. The summed E-state index contributed by atoms with van der Waals surface area (Å²) in [5, 5.41) is 15.5. The van der Waals surface area contributed by atoms with Crippen LogP contribution in [-0.2, 0) is 17.4 Å². The lowest BCUT2D eigenvalue weighted by atomic mass is 9.51. The molecule has 0 saturated heterocycles. The van der Waals surface area contributed by atoms with E-state index in [4.69, 9.17) is 5.10 Å². The van der Waals surface area contributed by atoms with Gasteiger partial charge in [-0.05, 0) is 63.4 Å². The van der Waals surface area contributed by atoms with Crippen molar-refractivity contribution < 1.29 is 5.11 Å². The maximum atomic E-state index is 10.4. The highest BCUT2D eigenvalue weighted by Crippen LogP contribution is 2.56. The molecule has 3 nitrogen and oxygen atoms in total. The average molecular weight is 290 g/mol. The number of aryl methyl sites for hydroxylation is 1. The molecule has 3 heteroatoms. The van der Waals surface area contributed by atoms with Gasteiger partial charge >= 0.3 is 0 Å². The van der Waals surface area contributed by atoms with Crippen molar-refractivity contribution in [3.05, 3.63) is 17.5 Å². The van der Waals surface area contributed by atoms with Crippen LogP contribution < -0.4 is 0 Å². The third-order valence-electron chi connectivity index (χ3n) is 6.18. The molecule has 3 atom stereocenters. The number of hydrogen-bond acceptors (Lipinski definition) is 2. The molecule has 0 bridgehead atoms. The third kappa shape index (κ3) is 2.08. The zero-order valence-corrected chi connectivity index (χ0v) is 14.4. The first-order valence-corrected chi connectivity index (χ1v) is 8.34. The standard InChI is InChI=1S/C18H30N2O/c1-16(2,3)20-11-12-7-8-13-17(4,5)14(21)9-10-18(13,6)15(12)19-20/h11,13-14,21H,7-10H2,1-6H3/t13-,14?,18-/m0/s1. The van der Waals surface area contributed by atoms with Gasteiger partial charge in [0, 0.05) is 11.6 Å². The number of aromatic nitrogens is 2. The van der Waals surface area contributed by atoms with E-state index in [1.54, 1.807) is 0 Å². The van der Waals surface area contributed by atoms with Gasteiger partial charge in [-0.15, -0.1) is 0 Å². The lowest BCUT2D eigenvalue weighted by molar-refractivity contribution is -0.0742. The molecule has 2 aliphatic rings. The maximum absolute atomic E-state index is 10.4. The van der Waals surface area contributed by atoms with E-state index < -0.39 is 0 Å². The largest absolute Gasteiger partial charge is 0.393 e. The highest BCUT2D eigenvalue weighted by Gasteiger charge is 2.54. The Morgan fingerprint density at radius 2 is 1.90 bits per heavy atom. The van der Waals surface area contributed by atoms with Crippen LogP contribution in [0.25, 0.3) is 0 Å². The van der Waals surface area contributed by atoms with Gasteiger partial charge in [0.25, 0.3) is 0 Å². The van der Waals surface area contributed by atoms with E-state index in [0.29, 0.717) is 5.92 Å². The Hall–Kier alpha value is -0.830. The van der Waals surface area contributed by atoms with E-state index in [-0.39, 0.29) is 22.5 Å². The van der Waals surface area contributed by atoms with Gasteiger partial charge in [-0.3, -0.25) is 4.68 Å². The minimum absolute atomic E-state index is 0.0177. The first-order valence-electron chi connectivity index (χ1n) is 8.34. The predicted molar refractivity (Wildman–Crippen MR) is 85.4 cm³/mol. The molecule has 1 saturated carbocycles.